The van der Waals surface area contributed by atoms with Crippen LogP contribution >= 0.6 is 0 Å². The second-order valence-corrected chi connectivity index (χ2v) is 5.79. The molecule has 0 spiro atoms. The number of nitrogens with zero attached hydrogens (tertiary/aromatic N) is 4. The summed E-state index contributed by atoms with van der Waals surface area (Å²) < 4.78 is 7.05. The maximum Gasteiger partial charge on any atom is 0.295 e. The first-order valence-corrected chi connectivity index (χ1v) is 7.90. The van der Waals surface area contributed by atoms with Crippen LogP contribution in [-0.2, 0) is 6.42 Å². The van der Waals surface area contributed by atoms with Crippen molar-refractivity contribution in [3.05, 3.63) is 80.5 Å². The topological polar surface area (TPSA) is 105 Å². The van der Waals surface area contributed by atoms with Crippen LogP contribution in [0, 0.1) is 0 Å². The van der Waals surface area contributed by atoms with Gasteiger partial charge in [0.15, 0.2) is 0 Å². The summed E-state index contributed by atoms with van der Waals surface area (Å²) in [5.74, 6) is 6.61. The van der Waals surface area contributed by atoms with Gasteiger partial charge in [-0.2, -0.15) is 14.3 Å². The smallest absolute Gasteiger partial charge is 0.295 e. The Hall–Kier alpha value is -3.68. The van der Waals surface area contributed by atoms with E-state index >= 15 is 0 Å². The van der Waals surface area contributed by atoms with Gasteiger partial charge in [-0.3, -0.25) is 9.59 Å². The summed E-state index contributed by atoms with van der Waals surface area (Å²) in [4.78, 5) is 29.6. The molecule has 0 fully saturated rings. The first-order valence-electron chi connectivity index (χ1n) is 7.90. The van der Waals surface area contributed by atoms with Gasteiger partial charge in [-0.05, 0) is 29.8 Å². The molecule has 0 bridgehead atoms. The molecule has 26 heavy (non-hydrogen) atoms. The van der Waals surface area contributed by atoms with Gasteiger partial charge in [0.2, 0.25) is 0 Å². The Morgan fingerprint density at radius 3 is 2.50 bits per heavy atom. The zero-order valence-electron chi connectivity index (χ0n) is 13.9. The average molecular weight is 349 g/mol. The fraction of sp³-hybridized carbons (Fsp3) is 0.111. The Labute approximate surface area is 147 Å². The molecule has 4 rings (SSSR count). The Morgan fingerprint density at radius 2 is 1.77 bits per heavy atom. The van der Waals surface area contributed by atoms with Crippen LogP contribution in [0.3, 0.4) is 0 Å². The van der Waals surface area contributed by atoms with E-state index in [0.717, 1.165) is 14.8 Å². The molecule has 0 amide bonds. The highest BCUT2D eigenvalue weighted by Gasteiger charge is 2.14. The molecule has 0 saturated heterocycles. The van der Waals surface area contributed by atoms with Gasteiger partial charge in [0, 0.05) is 6.42 Å². The second kappa shape index (κ2) is 5.99. The van der Waals surface area contributed by atoms with Gasteiger partial charge in [0.05, 0.1) is 18.0 Å². The molecule has 4 aromatic rings. The lowest BCUT2D eigenvalue weighted by atomic mass is 10.1. The van der Waals surface area contributed by atoms with Crippen LogP contribution < -0.4 is 21.7 Å². The maximum atomic E-state index is 12.7. The summed E-state index contributed by atoms with van der Waals surface area (Å²) in [5, 5.41) is 4.63. The van der Waals surface area contributed by atoms with Gasteiger partial charge in [-0.15, -0.1) is 0 Å². The molecular weight excluding hydrogens is 334 g/mol. The minimum atomic E-state index is -0.497. The molecule has 2 heterocycles. The van der Waals surface area contributed by atoms with Gasteiger partial charge in [0.25, 0.3) is 16.9 Å². The number of nitrogens with two attached hydrogens (primary N) is 1. The minimum Gasteiger partial charge on any atom is -0.497 e. The van der Waals surface area contributed by atoms with Crippen LogP contribution in [0.15, 0.2) is 58.1 Å². The fourth-order valence-corrected chi connectivity index (χ4v) is 2.80. The number of aromatic nitrogens is 4. The van der Waals surface area contributed by atoms with Gasteiger partial charge in [-0.25, -0.2) is 4.98 Å². The van der Waals surface area contributed by atoms with Crippen molar-refractivity contribution < 1.29 is 4.74 Å². The van der Waals surface area contributed by atoms with E-state index in [2.05, 4.69) is 10.1 Å². The van der Waals surface area contributed by atoms with E-state index < -0.39 is 5.56 Å². The molecule has 0 saturated carbocycles. The number of para-hydroxylation sites is 1. The number of hydrogen-bond acceptors (Lipinski definition) is 6. The number of rotatable bonds is 3. The maximum absolute atomic E-state index is 12.7. The Balaban J connectivity index is 1.91. The lowest BCUT2D eigenvalue weighted by molar-refractivity contribution is 0.414. The fourth-order valence-electron chi connectivity index (χ4n) is 2.80. The van der Waals surface area contributed by atoms with E-state index in [1.165, 1.54) is 0 Å². The minimum absolute atomic E-state index is 0.00261. The van der Waals surface area contributed by atoms with Gasteiger partial charge < -0.3 is 10.6 Å². The van der Waals surface area contributed by atoms with Crippen molar-refractivity contribution in [2.24, 2.45) is 0 Å². The average Bonchev–Trinajstić information content (AvgIpc) is 2.67. The Kier molecular flexibility index (Phi) is 3.65. The van der Waals surface area contributed by atoms with E-state index in [1.807, 2.05) is 12.1 Å². The van der Waals surface area contributed by atoms with Crippen LogP contribution in [0.4, 0.5) is 0 Å². The van der Waals surface area contributed by atoms with Crippen molar-refractivity contribution in [2.45, 2.75) is 6.42 Å². The number of ether oxygens (including phenoxy) is 1. The Bertz CT molecular complexity index is 1240. The standard InChI is InChI=1S/C18H15N5O3/c1-26-12-8-6-11(7-9-12)10-15-17(25)22(19)18-20-14-5-3-2-4-13(14)16(24)23(18)21-15/h2-9H,10,19H2,1H3. The summed E-state index contributed by atoms with van der Waals surface area (Å²) in [6.07, 6.45) is 0.231. The van der Waals surface area contributed by atoms with E-state index in [1.54, 1.807) is 43.5 Å². The largest absolute Gasteiger partial charge is 0.497 e. The summed E-state index contributed by atoms with van der Waals surface area (Å²) in [7, 11) is 1.58. The van der Waals surface area contributed by atoms with Crippen molar-refractivity contribution in [2.75, 3.05) is 13.0 Å². The number of benzene rings is 2. The van der Waals surface area contributed by atoms with Crippen molar-refractivity contribution in [1.29, 1.82) is 0 Å². The van der Waals surface area contributed by atoms with Crippen LogP contribution in [0.1, 0.15) is 11.3 Å². The van der Waals surface area contributed by atoms with Crippen molar-refractivity contribution in [3.63, 3.8) is 0 Å². The second-order valence-electron chi connectivity index (χ2n) is 5.79. The SMILES string of the molecule is COc1ccc(Cc2nn3c(=O)c4ccccc4nc3n(N)c2=O)cc1. The van der Waals surface area contributed by atoms with Crippen LogP contribution in [0.2, 0.25) is 0 Å². The summed E-state index contributed by atoms with van der Waals surface area (Å²) >= 11 is 0. The zero-order valence-corrected chi connectivity index (χ0v) is 13.9. The molecule has 0 aliphatic rings. The van der Waals surface area contributed by atoms with Crippen molar-refractivity contribution >= 4 is 16.7 Å². The number of hydrogen-bond donors (Lipinski definition) is 1. The Morgan fingerprint density at radius 1 is 1.04 bits per heavy atom. The van der Waals surface area contributed by atoms with Crippen LogP contribution in [0.5, 0.6) is 5.75 Å². The van der Waals surface area contributed by atoms with E-state index in [4.69, 9.17) is 10.6 Å². The lowest BCUT2D eigenvalue weighted by Gasteiger charge is -2.09. The first-order chi connectivity index (χ1) is 12.6. The van der Waals surface area contributed by atoms with E-state index in [9.17, 15) is 9.59 Å². The summed E-state index contributed by atoms with van der Waals surface area (Å²) in [6.45, 7) is 0. The lowest BCUT2D eigenvalue weighted by Crippen LogP contribution is -2.37. The molecule has 2 aromatic carbocycles. The van der Waals surface area contributed by atoms with Gasteiger partial charge in [0.1, 0.15) is 11.4 Å². The number of nitrogen functional groups attached to an aromatic ring is 1. The molecule has 130 valence electrons. The molecule has 0 aliphatic heterocycles. The molecule has 0 atom stereocenters. The van der Waals surface area contributed by atoms with Gasteiger partial charge in [-0.1, -0.05) is 24.3 Å². The molecule has 2 N–H and O–H groups in total. The molecule has 0 aliphatic carbocycles. The molecule has 0 unspecified atom stereocenters. The third-order valence-corrected chi connectivity index (χ3v) is 4.17. The highest BCUT2D eigenvalue weighted by atomic mass is 16.5. The van der Waals surface area contributed by atoms with Crippen LogP contribution in [-0.4, -0.2) is 26.4 Å². The molecule has 2 aromatic heterocycles. The summed E-state index contributed by atoms with van der Waals surface area (Å²) in [6, 6.07) is 14.1. The predicted molar refractivity (Wildman–Crippen MR) is 97.0 cm³/mol. The van der Waals surface area contributed by atoms with Crippen molar-refractivity contribution in [1.82, 2.24) is 19.3 Å². The molecule has 8 heteroatoms. The molecule has 0 radical (unpaired) electrons. The third-order valence-electron chi connectivity index (χ3n) is 4.17. The first kappa shape index (κ1) is 15.8. The molecule has 8 nitrogen and oxygen atoms in total. The predicted octanol–water partition coefficient (Wildman–Crippen LogP) is 0.718. The monoisotopic (exact) mass is 349 g/mol. The van der Waals surface area contributed by atoms with Crippen molar-refractivity contribution in [3.8, 4) is 5.75 Å². The van der Waals surface area contributed by atoms with E-state index in [0.29, 0.717) is 16.7 Å². The third kappa shape index (κ3) is 2.48. The zero-order chi connectivity index (χ0) is 18.3. The quantitative estimate of drug-likeness (QED) is 0.432. The summed E-state index contributed by atoms with van der Waals surface area (Å²) in [5.41, 5.74) is 0.588. The number of fused-ring (bicyclic) bond motifs is 2. The normalized spacial score (nSPS) is 11.1. The highest BCUT2D eigenvalue weighted by molar-refractivity contribution is 5.78. The van der Waals surface area contributed by atoms with Gasteiger partial charge >= 0.3 is 0 Å². The van der Waals surface area contributed by atoms with Crippen LogP contribution in [0.25, 0.3) is 16.7 Å². The molecular formula is C18H15N5O3. The van der Waals surface area contributed by atoms with E-state index in [-0.39, 0.29) is 23.5 Å². The number of methoxy groups -OCH3 is 1. The highest BCUT2D eigenvalue weighted by Crippen LogP contribution is 2.13.